The summed E-state index contributed by atoms with van der Waals surface area (Å²) in [5, 5.41) is 2.71. The summed E-state index contributed by atoms with van der Waals surface area (Å²) < 4.78 is 41.3. The van der Waals surface area contributed by atoms with Gasteiger partial charge in [0, 0.05) is 17.8 Å². The number of hydrogen-bond acceptors (Lipinski definition) is 4. The Morgan fingerprint density at radius 3 is 2.53 bits per heavy atom. The van der Waals surface area contributed by atoms with Crippen LogP contribution in [0.15, 0.2) is 70.7 Å². The van der Waals surface area contributed by atoms with Crippen LogP contribution in [0, 0.1) is 0 Å². The number of alkyl halides is 3. The Morgan fingerprint density at radius 2 is 1.82 bits per heavy atom. The highest BCUT2D eigenvalue weighted by atomic mass is 32.2. The number of nitrogens with one attached hydrogen (secondary N) is 2. The summed E-state index contributed by atoms with van der Waals surface area (Å²) in [4.78, 5) is 33.5. The van der Waals surface area contributed by atoms with Gasteiger partial charge in [-0.05, 0) is 30.5 Å². The molecule has 2 heterocycles. The number of halogens is 3. The smallest absolute Gasteiger partial charge is 0.355 e. The van der Waals surface area contributed by atoms with Crippen molar-refractivity contribution in [3.63, 3.8) is 0 Å². The molecule has 10 heteroatoms. The molecular formula is C24H19F3N4O2S. The third-order valence-electron chi connectivity index (χ3n) is 5.53. The molecule has 5 rings (SSSR count). The van der Waals surface area contributed by atoms with Crippen LogP contribution in [0.2, 0.25) is 0 Å². The van der Waals surface area contributed by atoms with Gasteiger partial charge in [-0.25, -0.2) is 4.98 Å². The average Bonchev–Trinajstić information content (AvgIpc) is 3.56. The first-order valence-corrected chi connectivity index (χ1v) is 11.6. The quantitative estimate of drug-likeness (QED) is 0.281. The molecule has 0 saturated heterocycles. The number of anilines is 1. The number of carbonyl (C=O) groups excluding carboxylic acids is 1. The summed E-state index contributed by atoms with van der Waals surface area (Å²) in [5.74, 6) is -0.808. The molecule has 6 nitrogen and oxygen atoms in total. The topological polar surface area (TPSA) is 79.8 Å². The fourth-order valence-corrected chi connectivity index (χ4v) is 4.66. The highest BCUT2D eigenvalue weighted by Crippen LogP contribution is 2.38. The van der Waals surface area contributed by atoms with Crippen LogP contribution in [-0.4, -0.2) is 26.2 Å². The van der Waals surface area contributed by atoms with Gasteiger partial charge in [0.15, 0.2) is 5.16 Å². The van der Waals surface area contributed by atoms with Crippen LogP contribution < -0.4 is 10.9 Å². The van der Waals surface area contributed by atoms with E-state index >= 15 is 0 Å². The Morgan fingerprint density at radius 1 is 1.12 bits per heavy atom. The van der Waals surface area contributed by atoms with Crippen molar-refractivity contribution >= 4 is 34.4 Å². The Bertz CT molecular complexity index is 1430. The largest absolute Gasteiger partial charge is 0.418 e. The van der Waals surface area contributed by atoms with Crippen molar-refractivity contribution in [1.82, 2.24) is 14.5 Å². The van der Waals surface area contributed by atoms with Crippen molar-refractivity contribution in [2.24, 2.45) is 0 Å². The van der Waals surface area contributed by atoms with E-state index in [0.717, 1.165) is 41.8 Å². The van der Waals surface area contributed by atoms with Crippen LogP contribution in [0.1, 0.15) is 24.4 Å². The lowest BCUT2D eigenvalue weighted by molar-refractivity contribution is -0.137. The van der Waals surface area contributed by atoms with E-state index in [1.807, 2.05) is 30.3 Å². The summed E-state index contributed by atoms with van der Waals surface area (Å²) in [5.41, 5.74) is 1.10. The number of benzene rings is 2. The number of rotatable bonds is 6. The predicted octanol–water partition coefficient (Wildman–Crippen LogP) is 5.48. The lowest BCUT2D eigenvalue weighted by Crippen LogP contribution is -2.24. The maximum atomic E-state index is 13.2. The third kappa shape index (κ3) is 4.33. The van der Waals surface area contributed by atoms with Gasteiger partial charge in [0.25, 0.3) is 5.56 Å². The molecule has 0 aliphatic heterocycles. The van der Waals surface area contributed by atoms with Gasteiger partial charge < -0.3 is 10.3 Å². The number of carbonyl (C=O) groups is 1. The fraction of sp³-hybridized carbons (Fsp3) is 0.208. The minimum atomic E-state index is -4.59. The zero-order valence-corrected chi connectivity index (χ0v) is 18.5. The maximum absolute atomic E-state index is 13.2. The number of aromatic nitrogens is 3. The molecule has 2 N–H and O–H groups in total. The Balaban J connectivity index is 1.44. The van der Waals surface area contributed by atoms with E-state index in [9.17, 15) is 22.8 Å². The standard InChI is InChI=1S/C24H19F3N4O2S/c25-24(26,27)17-8-4-5-9-18(17)29-19(32)13-34-23-30-20-16(14-6-2-1-3-7-14)12-28-21(20)22(33)31(23)15-10-11-15/h1-9,12,15,28H,10-11,13H2,(H,29,32). The number of thioether (sulfide) groups is 1. The zero-order valence-electron chi connectivity index (χ0n) is 17.7. The van der Waals surface area contributed by atoms with Gasteiger partial charge >= 0.3 is 6.18 Å². The molecule has 0 unspecified atom stereocenters. The summed E-state index contributed by atoms with van der Waals surface area (Å²) in [6.07, 6.45) is -1.19. The molecule has 1 saturated carbocycles. The molecule has 2 aromatic carbocycles. The first-order valence-electron chi connectivity index (χ1n) is 10.6. The monoisotopic (exact) mass is 484 g/mol. The average molecular weight is 485 g/mol. The van der Waals surface area contributed by atoms with E-state index in [1.54, 1.807) is 10.8 Å². The molecular weight excluding hydrogens is 465 g/mol. The Labute approximate surface area is 196 Å². The van der Waals surface area contributed by atoms with Crippen LogP contribution in [0.5, 0.6) is 0 Å². The van der Waals surface area contributed by atoms with Crippen molar-refractivity contribution < 1.29 is 18.0 Å². The van der Waals surface area contributed by atoms with Crippen LogP contribution in [0.4, 0.5) is 18.9 Å². The summed E-state index contributed by atoms with van der Waals surface area (Å²) in [6, 6.07) is 14.3. The highest BCUT2D eigenvalue weighted by molar-refractivity contribution is 7.99. The first kappa shape index (κ1) is 22.3. The van der Waals surface area contributed by atoms with Gasteiger partial charge in [-0.3, -0.25) is 14.2 Å². The summed E-state index contributed by atoms with van der Waals surface area (Å²) in [7, 11) is 0. The molecule has 4 aromatic rings. The van der Waals surface area contributed by atoms with E-state index in [-0.39, 0.29) is 23.0 Å². The predicted molar refractivity (Wildman–Crippen MR) is 125 cm³/mol. The van der Waals surface area contributed by atoms with Crippen LogP contribution in [0.3, 0.4) is 0 Å². The second kappa shape index (κ2) is 8.68. The van der Waals surface area contributed by atoms with Gasteiger partial charge in [0.1, 0.15) is 11.0 Å². The van der Waals surface area contributed by atoms with Crippen LogP contribution >= 0.6 is 11.8 Å². The second-order valence-electron chi connectivity index (χ2n) is 7.97. The molecule has 0 bridgehead atoms. The van der Waals surface area contributed by atoms with Crippen LogP contribution in [-0.2, 0) is 11.0 Å². The van der Waals surface area contributed by atoms with Crippen LogP contribution in [0.25, 0.3) is 22.2 Å². The number of amides is 1. The molecule has 0 spiro atoms. The van der Waals surface area contributed by atoms with Gasteiger partial charge in [0.05, 0.1) is 17.0 Å². The molecule has 1 fully saturated rings. The van der Waals surface area contributed by atoms with Gasteiger partial charge in [-0.15, -0.1) is 0 Å². The van der Waals surface area contributed by atoms with Gasteiger partial charge in [-0.1, -0.05) is 54.2 Å². The fourth-order valence-electron chi connectivity index (χ4n) is 3.80. The number of fused-ring (bicyclic) bond motifs is 1. The summed E-state index contributed by atoms with van der Waals surface area (Å²) >= 11 is 1.04. The number of hydrogen-bond donors (Lipinski definition) is 2. The molecule has 1 amide bonds. The van der Waals surface area contributed by atoms with Crippen molar-refractivity contribution in [3.05, 3.63) is 76.7 Å². The maximum Gasteiger partial charge on any atom is 0.418 e. The van der Waals surface area contributed by atoms with Crippen molar-refractivity contribution in [3.8, 4) is 11.1 Å². The molecule has 2 aromatic heterocycles. The lowest BCUT2D eigenvalue weighted by atomic mass is 10.1. The molecule has 174 valence electrons. The number of H-pyrrole nitrogens is 1. The summed E-state index contributed by atoms with van der Waals surface area (Å²) in [6.45, 7) is 0. The molecule has 0 atom stereocenters. The van der Waals surface area contributed by atoms with Gasteiger partial charge in [0.2, 0.25) is 5.91 Å². The molecule has 34 heavy (non-hydrogen) atoms. The second-order valence-corrected chi connectivity index (χ2v) is 8.92. The third-order valence-corrected chi connectivity index (χ3v) is 6.49. The van der Waals surface area contributed by atoms with E-state index in [2.05, 4.69) is 10.3 Å². The number of aromatic amines is 1. The molecule has 1 aliphatic carbocycles. The normalized spacial score (nSPS) is 13.9. The first-order chi connectivity index (χ1) is 16.3. The minimum absolute atomic E-state index is 0.00407. The minimum Gasteiger partial charge on any atom is -0.355 e. The molecule has 1 aliphatic rings. The van der Waals surface area contributed by atoms with E-state index in [0.29, 0.717) is 16.2 Å². The SMILES string of the molecule is O=C(CSc1nc2c(-c3ccccc3)c[nH]c2c(=O)n1C1CC1)Nc1ccccc1C(F)(F)F. The van der Waals surface area contributed by atoms with Crippen molar-refractivity contribution in [2.75, 3.05) is 11.1 Å². The van der Waals surface area contributed by atoms with E-state index in [1.165, 1.54) is 18.2 Å². The zero-order chi connectivity index (χ0) is 23.9. The molecule has 0 radical (unpaired) electrons. The van der Waals surface area contributed by atoms with E-state index in [4.69, 9.17) is 4.98 Å². The Kier molecular flexibility index (Phi) is 5.68. The van der Waals surface area contributed by atoms with Crippen molar-refractivity contribution in [2.45, 2.75) is 30.2 Å². The Hall–Kier alpha value is -3.53. The highest BCUT2D eigenvalue weighted by Gasteiger charge is 2.34. The van der Waals surface area contributed by atoms with E-state index < -0.39 is 17.6 Å². The lowest BCUT2D eigenvalue weighted by Gasteiger charge is -2.14. The van der Waals surface area contributed by atoms with Crippen molar-refractivity contribution in [1.29, 1.82) is 0 Å². The number of nitrogens with zero attached hydrogens (tertiary/aromatic N) is 2. The van der Waals surface area contributed by atoms with Gasteiger partial charge in [-0.2, -0.15) is 13.2 Å². The number of para-hydroxylation sites is 1.